The van der Waals surface area contributed by atoms with Gasteiger partial charge in [-0.25, -0.2) is 0 Å². The van der Waals surface area contributed by atoms with Gasteiger partial charge in [0.25, 0.3) is 0 Å². The molecule has 0 aliphatic rings. The molecule has 0 rings (SSSR count). The van der Waals surface area contributed by atoms with E-state index < -0.39 is 0 Å². The third-order valence-corrected chi connectivity index (χ3v) is 3.46. The third kappa shape index (κ3) is 8.41. The normalized spacial score (nSPS) is 13.2. The largest absolute Gasteiger partial charge is 0.396 e. The standard InChI is InChI=1S/C10H22OS/c1-3-10(2)12-9-7-5-4-6-8-11/h10-11H,3-9H2,1-2H3. The lowest BCUT2D eigenvalue weighted by molar-refractivity contribution is 0.283. The number of aliphatic hydroxyl groups is 1. The highest BCUT2D eigenvalue weighted by molar-refractivity contribution is 7.99. The summed E-state index contributed by atoms with van der Waals surface area (Å²) in [7, 11) is 0. The summed E-state index contributed by atoms with van der Waals surface area (Å²) in [5.41, 5.74) is 0. The zero-order valence-electron chi connectivity index (χ0n) is 8.38. The van der Waals surface area contributed by atoms with Gasteiger partial charge in [0.1, 0.15) is 0 Å². The van der Waals surface area contributed by atoms with E-state index in [0.29, 0.717) is 6.61 Å². The highest BCUT2D eigenvalue weighted by atomic mass is 32.2. The Morgan fingerprint density at radius 2 is 1.83 bits per heavy atom. The van der Waals surface area contributed by atoms with Crippen LogP contribution in [0.25, 0.3) is 0 Å². The highest BCUT2D eigenvalue weighted by Gasteiger charge is 1.97. The fraction of sp³-hybridized carbons (Fsp3) is 1.00. The summed E-state index contributed by atoms with van der Waals surface area (Å²) in [6, 6.07) is 0. The Morgan fingerprint density at radius 3 is 2.42 bits per heavy atom. The molecule has 0 saturated heterocycles. The van der Waals surface area contributed by atoms with Crippen molar-refractivity contribution in [2.75, 3.05) is 12.4 Å². The fourth-order valence-electron chi connectivity index (χ4n) is 0.970. The first-order valence-corrected chi connectivity index (χ1v) is 6.08. The van der Waals surface area contributed by atoms with Crippen molar-refractivity contribution >= 4 is 11.8 Å². The van der Waals surface area contributed by atoms with Crippen LogP contribution in [0.1, 0.15) is 46.0 Å². The van der Waals surface area contributed by atoms with Gasteiger partial charge >= 0.3 is 0 Å². The second kappa shape index (κ2) is 9.40. The topological polar surface area (TPSA) is 20.2 Å². The van der Waals surface area contributed by atoms with Gasteiger partial charge < -0.3 is 5.11 Å². The van der Waals surface area contributed by atoms with Gasteiger partial charge in [0.05, 0.1) is 0 Å². The van der Waals surface area contributed by atoms with Crippen LogP contribution >= 0.6 is 11.8 Å². The predicted molar refractivity (Wildman–Crippen MR) is 57.8 cm³/mol. The molecule has 0 radical (unpaired) electrons. The number of aliphatic hydroxyl groups excluding tert-OH is 1. The second-order valence-electron chi connectivity index (χ2n) is 3.23. The zero-order chi connectivity index (χ0) is 9.23. The monoisotopic (exact) mass is 190 g/mol. The summed E-state index contributed by atoms with van der Waals surface area (Å²) in [6.07, 6.45) is 6.05. The van der Waals surface area contributed by atoms with Crippen LogP contribution in [-0.2, 0) is 0 Å². The minimum Gasteiger partial charge on any atom is -0.396 e. The van der Waals surface area contributed by atoms with Crippen LogP contribution in [-0.4, -0.2) is 22.7 Å². The third-order valence-electron chi connectivity index (χ3n) is 2.03. The predicted octanol–water partition coefficient (Wildman–Crippen LogP) is 3.07. The number of thioether (sulfide) groups is 1. The molecule has 2 heteroatoms. The fourth-order valence-corrected chi connectivity index (χ4v) is 1.98. The maximum atomic E-state index is 8.54. The van der Waals surface area contributed by atoms with Crippen molar-refractivity contribution in [1.29, 1.82) is 0 Å². The molecule has 1 unspecified atom stereocenters. The molecule has 0 amide bonds. The lowest BCUT2D eigenvalue weighted by atomic mass is 10.2. The first kappa shape index (κ1) is 12.3. The second-order valence-corrected chi connectivity index (χ2v) is 4.77. The molecule has 12 heavy (non-hydrogen) atoms. The van der Waals surface area contributed by atoms with Crippen molar-refractivity contribution in [3.63, 3.8) is 0 Å². The average Bonchev–Trinajstić information content (AvgIpc) is 2.10. The van der Waals surface area contributed by atoms with Gasteiger partial charge in [-0.15, -0.1) is 0 Å². The first-order chi connectivity index (χ1) is 5.81. The van der Waals surface area contributed by atoms with Gasteiger partial charge in [-0.3, -0.25) is 0 Å². The van der Waals surface area contributed by atoms with E-state index in [-0.39, 0.29) is 0 Å². The molecular formula is C10H22OS. The molecule has 0 aromatic carbocycles. The Kier molecular flexibility index (Phi) is 9.64. The Morgan fingerprint density at radius 1 is 1.17 bits per heavy atom. The van der Waals surface area contributed by atoms with Crippen molar-refractivity contribution in [3.05, 3.63) is 0 Å². The van der Waals surface area contributed by atoms with Crippen LogP contribution < -0.4 is 0 Å². The number of hydrogen-bond donors (Lipinski definition) is 1. The smallest absolute Gasteiger partial charge is 0.0431 e. The molecule has 0 saturated carbocycles. The van der Waals surface area contributed by atoms with Crippen molar-refractivity contribution in [3.8, 4) is 0 Å². The summed E-state index contributed by atoms with van der Waals surface area (Å²) in [4.78, 5) is 0. The van der Waals surface area contributed by atoms with Crippen LogP contribution in [0, 0.1) is 0 Å². The molecule has 1 atom stereocenters. The van der Waals surface area contributed by atoms with E-state index in [1.807, 2.05) is 0 Å². The van der Waals surface area contributed by atoms with Crippen molar-refractivity contribution in [2.45, 2.75) is 51.2 Å². The van der Waals surface area contributed by atoms with Crippen LogP contribution in [0.2, 0.25) is 0 Å². The van der Waals surface area contributed by atoms with Crippen molar-refractivity contribution in [2.24, 2.45) is 0 Å². The highest BCUT2D eigenvalue weighted by Crippen LogP contribution is 2.15. The quantitative estimate of drug-likeness (QED) is 0.594. The number of rotatable bonds is 8. The molecule has 0 aliphatic heterocycles. The maximum absolute atomic E-state index is 8.54. The van der Waals surface area contributed by atoms with E-state index in [9.17, 15) is 0 Å². The lowest BCUT2D eigenvalue weighted by Crippen LogP contribution is -1.94. The Labute approximate surface area is 80.9 Å². The molecule has 0 aromatic heterocycles. The minimum atomic E-state index is 0.360. The van der Waals surface area contributed by atoms with Gasteiger partial charge in [0.15, 0.2) is 0 Å². The van der Waals surface area contributed by atoms with E-state index >= 15 is 0 Å². The lowest BCUT2D eigenvalue weighted by Gasteiger charge is -2.06. The molecular weight excluding hydrogens is 168 g/mol. The van der Waals surface area contributed by atoms with Gasteiger partial charge in [0.2, 0.25) is 0 Å². The first-order valence-electron chi connectivity index (χ1n) is 5.03. The molecule has 1 N–H and O–H groups in total. The summed E-state index contributed by atoms with van der Waals surface area (Å²) >= 11 is 2.07. The van der Waals surface area contributed by atoms with Crippen LogP contribution in [0.5, 0.6) is 0 Å². The molecule has 74 valence electrons. The SMILES string of the molecule is CCC(C)SCCCCCCO. The van der Waals surface area contributed by atoms with Crippen LogP contribution in [0.4, 0.5) is 0 Å². The summed E-state index contributed by atoms with van der Waals surface area (Å²) in [5, 5.41) is 9.37. The summed E-state index contributed by atoms with van der Waals surface area (Å²) in [6.45, 7) is 4.89. The van der Waals surface area contributed by atoms with E-state index in [0.717, 1.165) is 11.7 Å². The molecule has 0 bridgehead atoms. The van der Waals surface area contributed by atoms with E-state index in [4.69, 9.17) is 5.11 Å². The summed E-state index contributed by atoms with van der Waals surface area (Å²) in [5.74, 6) is 1.29. The maximum Gasteiger partial charge on any atom is 0.0431 e. The Balaban J connectivity index is 2.90. The average molecular weight is 190 g/mol. The van der Waals surface area contributed by atoms with Crippen molar-refractivity contribution < 1.29 is 5.11 Å². The molecule has 1 nitrogen and oxygen atoms in total. The van der Waals surface area contributed by atoms with Gasteiger partial charge in [-0.2, -0.15) is 11.8 Å². The molecule has 0 spiro atoms. The van der Waals surface area contributed by atoms with Crippen molar-refractivity contribution in [1.82, 2.24) is 0 Å². The van der Waals surface area contributed by atoms with Crippen LogP contribution in [0.3, 0.4) is 0 Å². The molecule has 0 heterocycles. The number of hydrogen-bond acceptors (Lipinski definition) is 2. The van der Waals surface area contributed by atoms with Crippen LogP contribution in [0.15, 0.2) is 0 Å². The number of unbranched alkanes of at least 4 members (excludes halogenated alkanes) is 3. The van der Waals surface area contributed by atoms with Gasteiger partial charge in [-0.05, 0) is 25.0 Å². The van der Waals surface area contributed by atoms with E-state index in [2.05, 4.69) is 25.6 Å². The van der Waals surface area contributed by atoms with E-state index in [1.54, 1.807) is 0 Å². The Bertz CT molecular complexity index is 85.9. The van der Waals surface area contributed by atoms with E-state index in [1.165, 1.54) is 31.4 Å². The molecule has 0 aliphatic carbocycles. The van der Waals surface area contributed by atoms with Gasteiger partial charge in [0, 0.05) is 11.9 Å². The Hall–Kier alpha value is 0.310. The minimum absolute atomic E-state index is 0.360. The molecule has 0 aromatic rings. The summed E-state index contributed by atoms with van der Waals surface area (Å²) < 4.78 is 0. The molecule has 0 fully saturated rings. The zero-order valence-corrected chi connectivity index (χ0v) is 9.20. The van der Waals surface area contributed by atoms with Gasteiger partial charge in [-0.1, -0.05) is 26.7 Å².